The number of ether oxygens (including phenoxy) is 1. The van der Waals surface area contributed by atoms with Gasteiger partial charge in [0.1, 0.15) is 0 Å². The van der Waals surface area contributed by atoms with E-state index in [0.29, 0.717) is 5.57 Å². The number of rotatable bonds is 4. The lowest BCUT2D eigenvalue weighted by molar-refractivity contribution is -0.136. The highest BCUT2D eigenvalue weighted by molar-refractivity contribution is 5.94. The van der Waals surface area contributed by atoms with Crippen LogP contribution < -0.4 is 0 Å². The van der Waals surface area contributed by atoms with Gasteiger partial charge in [0.05, 0.1) is 13.7 Å². The van der Waals surface area contributed by atoms with Crippen molar-refractivity contribution in [3.05, 3.63) is 24.3 Å². The van der Waals surface area contributed by atoms with Gasteiger partial charge in [0.2, 0.25) is 5.91 Å². The van der Waals surface area contributed by atoms with Crippen LogP contribution in [0.15, 0.2) is 24.3 Å². The molecule has 14 heavy (non-hydrogen) atoms. The van der Waals surface area contributed by atoms with E-state index in [0.717, 1.165) is 0 Å². The summed E-state index contributed by atoms with van der Waals surface area (Å²) in [5.74, 6) is -0.721. The Morgan fingerprint density at radius 3 is 2.21 bits per heavy atom. The minimum absolute atomic E-state index is 0.151. The zero-order chi connectivity index (χ0) is 11.3. The summed E-state index contributed by atoms with van der Waals surface area (Å²) in [6.45, 7) is 8.78. The summed E-state index contributed by atoms with van der Waals surface area (Å²) in [7, 11) is 2.85. The largest absolute Gasteiger partial charge is 0.466 e. The van der Waals surface area contributed by atoms with Crippen LogP contribution in [0.25, 0.3) is 0 Å². The van der Waals surface area contributed by atoms with Crippen LogP contribution in [0.2, 0.25) is 0 Å². The Hall–Kier alpha value is -1.58. The molecule has 0 unspecified atom stereocenters. The van der Waals surface area contributed by atoms with Gasteiger partial charge in [-0.3, -0.25) is 4.79 Å². The SMILES string of the molecule is C=C(C)C(=O)N(C)CC(=C)C(=O)OC. The van der Waals surface area contributed by atoms with Crippen molar-refractivity contribution in [2.75, 3.05) is 20.7 Å². The van der Waals surface area contributed by atoms with Gasteiger partial charge in [-0.25, -0.2) is 4.79 Å². The normalized spacial score (nSPS) is 9.07. The minimum Gasteiger partial charge on any atom is -0.466 e. The first-order valence-electron chi connectivity index (χ1n) is 4.07. The minimum atomic E-state index is -0.508. The summed E-state index contributed by atoms with van der Waals surface area (Å²) in [6, 6.07) is 0. The molecule has 0 saturated carbocycles. The monoisotopic (exact) mass is 197 g/mol. The van der Waals surface area contributed by atoms with Crippen molar-refractivity contribution in [1.29, 1.82) is 0 Å². The van der Waals surface area contributed by atoms with E-state index in [4.69, 9.17) is 0 Å². The zero-order valence-corrected chi connectivity index (χ0v) is 8.79. The second-order valence-electron chi connectivity index (χ2n) is 3.04. The van der Waals surface area contributed by atoms with Crippen LogP contribution in [-0.2, 0) is 14.3 Å². The highest BCUT2D eigenvalue weighted by atomic mass is 16.5. The number of likely N-dealkylation sites (N-methyl/N-ethyl adjacent to an activating group) is 1. The molecule has 4 heteroatoms. The molecule has 0 bridgehead atoms. The van der Waals surface area contributed by atoms with Crippen molar-refractivity contribution in [2.45, 2.75) is 6.92 Å². The number of esters is 1. The van der Waals surface area contributed by atoms with Crippen molar-refractivity contribution >= 4 is 11.9 Å². The van der Waals surface area contributed by atoms with Gasteiger partial charge < -0.3 is 9.64 Å². The molecule has 1 amide bonds. The van der Waals surface area contributed by atoms with E-state index in [1.807, 2.05) is 0 Å². The molecule has 0 aliphatic rings. The van der Waals surface area contributed by atoms with Gasteiger partial charge in [-0.1, -0.05) is 13.2 Å². The summed E-state index contributed by atoms with van der Waals surface area (Å²) in [5.41, 5.74) is 0.662. The fourth-order valence-electron chi connectivity index (χ4n) is 0.893. The van der Waals surface area contributed by atoms with E-state index in [1.165, 1.54) is 12.0 Å². The maximum absolute atomic E-state index is 11.3. The molecule has 0 aliphatic carbocycles. The fraction of sp³-hybridized carbons (Fsp3) is 0.400. The van der Waals surface area contributed by atoms with E-state index < -0.39 is 5.97 Å². The predicted molar refractivity (Wildman–Crippen MR) is 53.6 cm³/mol. The summed E-state index contributed by atoms with van der Waals surface area (Å²) < 4.78 is 4.45. The first-order chi connectivity index (χ1) is 6.40. The lowest BCUT2D eigenvalue weighted by Gasteiger charge is -2.17. The molecule has 0 aromatic rings. The number of carbonyl (C=O) groups is 2. The Kier molecular flexibility index (Phi) is 4.63. The van der Waals surface area contributed by atoms with Gasteiger partial charge in [0, 0.05) is 18.2 Å². The number of hydrogen-bond donors (Lipinski definition) is 0. The summed E-state index contributed by atoms with van der Waals surface area (Å²) in [4.78, 5) is 23.6. The molecule has 0 saturated heterocycles. The average Bonchev–Trinajstić information content (AvgIpc) is 2.14. The van der Waals surface area contributed by atoms with Crippen LogP contribution in [-0.4, -0.2) is 37.5 Å². The number of hydrogen-bond acceptors (Lipinski definition) is 3. The fourth-order valence-corrected chi connectivity index (χ4v) is 0.893. The molecule has 0 rings (SSSR count). The van der Waals surface area contributed by atoms with Crippen molar-refractivity contribution in [1.82, 2.24) is 4.90 Å². The smallest absolute Gasteiger partial charge is 0.334 e. The van der Waals surface area contributed by atoms with E-state index in [2.05, 4.69) is 17.9 Å². The average molecular weight is 197 g/mol. The maximum atomic E-state index is 11.3. The first kappa shape index (κ1) is 12.4. The zero-order valence-electron chi connectivity index (χ0n) is 8.79. The second kappa shape index (κ2) is 5.21. The highest BCUT2D eigenvalue weighted by Crippen LogP contribution is 2.01. The Bertz CT molecular complexity index is 281. The topological polar surface area (TPSA) is 46.6 Å². The molecule has 0 spiro atoms. The lowest BCUT2D eigenvalue weighted by Crippen LogP contribution is -2.30. The van der Waals surface area contributed by atoms with Crippen LogP contribution >= 0.6 is 0 Å². The van der Waals surface area contributed by atoms with Crippen molar-refractivity contribution in [2.24, 2.45) is 0 Å². The lowest BCUT2D eigenvalue weighted by atomic mass is 10.2. The van der Waals surface area contributed by atoms with Crippen LogP contribution in [0.1, 0.15) is 6.92 Å². The third-order valence-corrected chi connectivity index (χ3v) is 1.61. The Morgan fingerprint density at radius 2 is 1.86 bits per heavy atom. The van der Waals surface area contributed by atoms with Gasteiger partial charge in [0.15, 0.2) is 0 Å². The van der Waals surface area contributed by atoms with Gasteiger partial charge in [-0.2, -0.15) is 0 Å². The van der Waals surface area contributed by atoms with Gasteiger partial charge in [-0.15, -0.1) is 0 Å². The van der Waals surface area contributed by atoms with Crippen molar-refractivity contribution in [3.63, 3.8) is 0 Å². The molecule has 0 atom stereocenters. The third kappa shape index (κ3) is 3.43. The molecule has 78 valence electrons. The molecule has 0 aromatic heterocycles. The Morgan fingerprint density at radius 1 is 1.36 bits per heavy atom. The molecule has 4 nitrogen and oxygen atoms in total. The van der Waals surface area contributed by atoms with E-state index in [-0.39, 0.29) is 18.0 Å². The van der Waals surface area contributed by atoms with Crippen LogP contribution in [0.3, 0.4) is 0 Å². The van der Waals surface area contributed by atoms with Crippen LogP contribution in [0.4, 0.5) is 0 Å². The van der Waals surface area contributed by atoms with E-state index >= 15 is 0 Å². The molecule has 0 radical (unpaired) electrons. The molecular weight excluding hydrogens is 182 g/mol. The van der Waals surface area contributed by atoms with Gasteiger partial charge >= 0.3 is 5.97 Å². The van der Waals surface area contributed by atoms with Gasteiger partial charge in [0.25, 0.3) is 0 Å². The molecule has 0 fully saturated rings. The summed E-state index contributed by atoms with van der Waals surface area (Å²) in [5, 5.41) is 0. The highest BCUT2D eigenvalue weighted by Gasteiger charge is 2.14. The molecular formula is C10H15NO3. The molecule has 0 aromatic carbocycles. The first-order valence-corrected chi connectivity index (χ1v) is 4.07. The Labute approximate surface area is 83.8 Å². The van der Waals surface area contributed by atoms with Crippen molar-refractivity contribution < 1.29 is 14.3 Å². The summed E-state index contributed by atoms with van der Waals surface area (Å²) in [6.07, 6.45) is 0. The van der Waals surface area contributed by atoms with E-state index in [1.54, 1.807) is 14.0 Å². The van der Waals surface area contributed by atoms with Crippen LogP contribution in [0, 0.1) is 0 Å². The van der Waals surface area contributed by atoms with E-state index in [9.17, 15) is 9.59 Å². The number of amides is 1. The molecule has 0 aliphatic heterocycles. The quantitative estimate of drug-likeness (QED) is 0.493. The Balaban J connectivity index is 4.26. The predicted octanol–water partition coefficient (Wildman–Crippen LogP) is 0.750. The maximum Gasteiger partial charge on any atom is 0.334 e. The molecule has 0 heterocycles. The number of methoxy groups -OCH3 is 1. The number of carbonyl (C=O) groups excluding carboxylic acids is 2. The third-order valence-electron chi connectivity index (χ3n) is 1.61. The number of nitrogens with zero attached hydrogens (tertiary/aromatic N) is 1. The molecule has 0 N–H and O–H groups in total. The van der Waals surface area contributed by atoms with Crippen molar-refractivity contribution in [3.8, 4) is 0 Å². The van der Waals surface area contributed by atoms with Gasteiger partial charge in [-0.05, 0) is 6.92 Å². The van der Waals surface area contributed by atoms with Crippen LogP contribution in [0.5, 0.6) is 0 Å². The standard InChI is InChI=1S/C10H15NO3/c1-7(2)9(12)11(4)6-8(3)10(13)14-5/h1,3,6H2,2,4-5H3. The summed E-state index contributed by atoms with van der Waals surface area (Å²) >= 11 is 0. The second-order valence-corrected chi connectivity index (χ2v) is 3.04.